The van der Waals surface area contributed by atoms with Crippen LogP contribution in [0.3, 0.4) is 0 Å². The number of benzene rings is 1. The number of nitrogens with zero attached hydrogens (tertiary/aromatic N) is 3. The molecule has 0 fully saturated rings. The summed E-state index contributed by atoms with van der Waals surface area (Å²) in [7, 11) is -4.23. The SMILES string of the molecule is O=C(Nc1cccnc1C(=O)Nc1n[nH]c2c1CN(S(=O)(=O)c1cc(F)cc(F)c1)CC2)c1cc[nH]c1. The monoisotopic (exact) mass is 527 g/mol. The highest BCUT2D eigenvalue weighted by Gasteiger charge is 2.32. The number of aromatic nitrogens is 4. The second kappa shape index (κ2) is 9.55. The summed E-state index contributed by atoms with van der Waals surface area (Å²) in [5.41, 5.74) is 1.44. The van der Waals surface area contributed by atoms with Gasteiger partial charge in [-0.25, -0.2) is 22.2 Å². The molecule has 4 heterocycles. The molecule has 0 spiro atoms. The van der Waals surface area contributed by atoms with E-state index in [0.717, 1.165) is 16.4 Å². The Morgan fingerprint density at radius 1 is 1.05 bits per heavy atom. The second-order valence-corrected chi connectivity index (χ2v) is 10.1. The Hall–Kier alpha value is -4.43. The number of fused-ring (bicyclic) bond motifs is 1. The fourth-order valence-corrected chi connectivity index (χ4v) is 5.37. The van der Waals surface area contributed by atoms with Crippen LogP contribution in [0.2, 0.25) is 0 Å². The van der Waals surface area contributed by atoms with E-state index in [-0.39, 0.29) is 36.7 Å². The van der Waals surface area contributed by atoms with Crippen molar-refractivity contribution in [3.05, 3.63) is 89.1 Å². The molecule has 5 rings (SSSR count). The van der Waals surface area contributed by atoms with Gasteiger partial charge in [-0.2, -0.15) is 9.40 Å². The summed E-state index contributed by atoms with van der Waals surface area (Å²) in [5.74, 6) is -3.09. The standard InChI is InChI=1S/C23H19F2N7O4S/c24-14-8-15(25)10-16(9-14)37(35,36)32-7-4-18-17(12-32)21(31-30-18)29-23(34)20-19(2-1-5-27-20)28-22(33)13-3-6-26-11-13/h1-3,5-6,8-11,26H,4,7,12H2,(H,28,33)(H2,29,30,31,34). The van der Waals surface area contributed by atoms with Gasteiger partial charge in [0.05, 0.1) is 16.1 Å². The number of anilines is 2. The van der Waals surface area contributed by atoms with Gasteiger partial charge in [0.1, 0.15) is 11.6 Å². The summed E-state index contributed by atoms with van der Waals surface area (Å²) in [6, 6.07) is 6.71. The molecule has 4 aromatic rings. The van der Waals surface area contributed by atoms with E-state index in [4.69, 9.17) is 0 Å². The lowest BCUT2D eigenvalue weighted by molar-refractivity contribution is 0.102. The number of carbonyl (C=O) groups is 2. The quantitative estimate of drug-likeness (QED) is 0.302. The van der Waals surface area contributed by atoms with E-state index in [9.17, 15) is 26.8 Å². The number of H-pyrrole nitrogens is 2. The number of halogens is 2. The maximum absolute atomic E-state index is 13.7. The number of amides is 2. The predicted molar refractivity (Wildman–Crippen MR) is 127 cm³/mol. The number of sulfonamides is 1. The van der Waals surface area contributed by atoms with Crippen LogP contribution in [0.1, 0.15) is 32.1 Å². The molecule has 0 aliphatic carbocycles. The van der Waals surface area contributed by atoms with Crippen LogP contribution in [-0.4, -0.2) is 51.2 Å². The molecule has 190 valence electrons. The Bertz CT molecular complexity index is 1580. The Morgan fingerprint density at radius 3 is 2.57 bits per heavy atom. The largest absolute Gasteiger partial charge is 0.367 e. The van der Waals surface area contributed by atoms with Crippen LogP contribution in [0.5, 0.6) is 0 Å². The van der Waals surface area contributed by atoms with Crippen molar-refractivity contribution in [3.8, 4) is 0 Å². The lowest BCUT2D eigenvalue weighted by Gasteiger charge is -2.26. The fourth-order valence-electron chi connectivity index (χ4n) is 3.92. The van der Waals surface area contributed by atoms with Gasteiger partial charge in [0.25, 0.3) is 11.8 Å². The Kier molecular flexibility index (Phi) is 6.27. The van der Waals surface area contributed by atoms with Crippen molar-refractivity contribution in [1.82, 2.24) is 24.5 Å². The minimum atomic E-state index is -4.23. The van der Waals surface area contributed by atoms with E-state index < -0.39 is 38.4 Å². The number of carbonyl (C=O) groups excluding carboxylic acids is 2. The highest BCUT2D eigenvalue weighted by atomic mass is 32.2. The fraction of sp³-hybridized carbons (Fsp3) is 0.130. The molecule has 3 aromatic heterocycles. The first-order chi connectivity index (χ1) is 17.7. The van der Waals surface area contributed by atoms with Gasteiger partial charge < -0.3 is 15.6 Å². The molecule has 1 aromatic carbocycles. The van der Waals surface area contributed by atoms with Crippen molar-refractivity contribution in [2.45, 2.75) is 17.9 Å². The highest BCUT2D eigenvalue weighted by Crippen LogP contribution is 2.29. The summed E-state index contributed by atoms with van der Waals surface area (Å²) in [5, 5.41) is 12.1. The molecule has 0 saturated heterocycles. The average Bonchev–Trinajstić information content (AvgIpc) is 3.54. The van der Waals surface area contributed by atoms with E-state index >= 15 is 0 Å². The lowest BCUT2D eigenvalue weighted by Crippen LogP contribution is -2.36. The normalized spacial score (nSPS) is 13.7. The van der Waals surface area contributed by atoms with Crippen LogP contribution in [-0.2, 0) is 23.0 Å². The average molecular weight is 528 g/mol. The molecule has 0 radical (unpaired) electrons. The van der Waals surface area contributed by atoms with Crippen molar-refractivity contribution in [3.63, 3.8) is 0 Å². The van der Waals surface area contributed by atoms with Gasteiger partial charge in [-0.05, 0) is 30.3 Å². The Labute approximate surface area is 209 Å². The summed E-state index contributed by atoms with van der Waals surface area (Å²) < 4.78 is 54.5. The number of pyridine rings is 1. The number of hydrogen-bond donors (Lipinski definition) is 4. The Balaban J connectivity index is 1.37. The molecule has 0 bridgehead atoms. The molecule has 37 heavy (non-hydrogen) atoms. The van der Waals surface area contributed by atoms with Gasteiger partial charge in [0.2, 0.25) is 10.0 Å². The predicted octanol–water partition coefficient (Wildman–Crippen LogP) is 2.66. The van der Waals surface area contributed by atoms with Crippen LogP contribution in [0.4, 0.5) is 20.3 Å². The van der Waals surface area contributed by atoms with E-state index in [0.29, 0.717) is 22.9 Å². The van der Waals surface area contributed by atoms with Gasteiger partial charge in [0, 0.05) is 55.4 Å². The summed E-state index contributed by atoms with van der Waals surface area (Å²) in [6.45, 7) is -0.153. The first-order valence-corrected chi connectivity index (χ1v) is 12.4. The Morgan fingerprint density at radius 2 is 1.84 bits per heavy atom. The first-order valence-electron chi connectivity index (χ1n) is 11.0. The van der Waals surface area contributed by atoms with E-state index in [1.165, 1.54) is 18.5 Å². The van der Waals surface area contributed by atoms with Crippen LogP contribution < -0.4 is 10.6 Å². The third-order valence-electron chi connectivity index (χ3n) is 5.74. The molecular formula is C23H19F2N7O4S. The van der Waals surface area contributed by atoms with Crippen LogP contribution in [0, 0.1) is 11.6 Å². The third-order valence-corrected chi connectivity index (χ3v) is 7.56. The van der Waals surface area contributed by atoms with Gasteiger partial charge in [-0.3, -0.25) is 14.7 Å². The van der Waals surface area contributed by atoms with E-state index in [2.05, 4.69) is 30.8 Å². The molecule has 1 aliphatic rings. The van der Waals surface area contributed by atoms with Crippen LogP contribution in [0.15, 0.2) is 59.9 Å². The highest BCUT2D eigenvalue weighted by molar-refractivity contribution is 7.89. The summed E-state index contributed by atoms with van der Waals surface area (Å²) in [6.07, 6.45) is 4.70. The molecule has 11 nitrogen and oxygen atoms in total. The third kappa shape index (κ3) is 4.83. The summed E-state index contributed by atoms with van der Waals surface area (Å²) in [4.78, 5) is 31.8. The van der Waals surface area contributed by atoms with E-state index in [1.54, 1.807) is 18.3 Å². The summed E-state index contributed by atoms with van der Waals surface area (Å²) >= 11 is 0. The molecule has 0 unspecified atom stereocenters. The minimum Gasteiger partial charge on any atom is -0.367 e. The van der Waals surface area contributed by atoms with Crippen molar-refractivity contribution in [2.24, 2.45) is 0 Å². The molecule has 4 N–H and O–H groups in total. The molecule has 14 heteroatoms. The van der Waals surface area contributed by atoms with E-state index in [1.807, 2.05) is 0 Å². The maximum atomic E-state index is 13.7. The molecule has 0 saturated carbocycles. The molecular weight excluding hydrogens is 508 g/mol. The van der Waals surface area contributed by atoms with Crippen molar-refractivity contribution >= 4 is 33.3 Å². The zero-order valence-corrected chi connectivity index (χ0v) is 19.8. The second-order valence-electron chi connectivity index (χ2n) is 8.13. The number of nitrogens with one attached hydrogen (secondary N) is 4. The minimum absolute atomic E-state index is 0.0403. The van der Waals surface area contributed by atoms with Gasteiger partial charge in [0.15, 0.2) is 11.5 Å². The molecule has 2 amide bonds. The van der Waals surface area contributed by atoms with Crippen molar-refractivity contribution in [2.75, 3.05) is 17.2 Å². The first kappa shape index (κ1) is 24.3. The van der Waals surface area contributed by atoms with Crippen molar-refractivity contribution < 1.29 is 26.8 Å². The number of hydrogen-bond acceptors (Lipinski definition) is 6. The molecule has 1 aliphatic heterocycles. The van der Waals surface area contributed by atoms with Crippen LogP contribution in [0.25, 0.3) is 0 Å². The smallest absolute Gasteiger partial charge is 0.277 e. The zero-order chi connectivity index (χ0) is 26.2. The van der Waals surface area contributed by atoms with Gasteiger partial charge >= 0.3 is 0 Å². The van der Waals surface area contributed by atoms with Crippen molar-refractivity contribution in [1.29, 1.82) is 0 Å². The number of aromatic amines is 2. The topological polar surface area (TPSA) is 153 Å². The van der Waals surface area contributed by atoms with Crippen LogP contribution >= 0.6 is 0 Å². The maximum Gasteiger partial charge on any atom is 0.277 e. The van der Waals surface area contributed by atoms with Gasteiger partial charge in [-0.1, -0.05) is 0 Å². The number of rotatable bonds is 6. The zero-order valence-electron chi connectivity index (χ0n) is 19.0. The van der Waals surface area contributed by atoms with Gasteiger partial charge in [-0.15, -0.1) is 0 Å². The lowest BCUT2D eigenvalue weighted by atomic mass is 10.1. The molecule has 0 atom stereocenters.